The minimum absolute atomic E-state index is 0.0197. The molecule has 5 rings (SSSR count). The van der Waals surface area contributed by atoms with Crippen LogP contribution in [-0.2, 0) is 9.59 Å². The number of methoxy groups -OCH3 is 1. The van der Waals surface area contributed by atoms with E-state index in [2.05, 4.69) is 20.9 Å². The number of aromatic nitrogens is 1. The van der Waals surface area contributed by atoms with E-state index < -0.39 is 17.7 Å². The van der Waals surface area contributed by atoms with Crippen LogP contribution in [-0.4, -0.2) is 28.9 Å². The van der Waals surface area contributed by atoms with E-state index in [9.17, 15) is 14.7 Å². The lowest BCUT2D eigenvalue weighted by molar-refractivity contribution is -0.132. The number of ketones is 1. The number of aliphatic hydroxyl groups excluding tert-OH is 1. The summed E-state index contributed by atoms with van der Waals surface area (Å²) in [6.45, 7) is 0. The molecule has 1 atom stereocenters. The van der Waals surface area contributed by atoms with E-state index in [1.807, 2.05) is 36.4 Å². The Bertz CT molecular complexity index is 1460. The molecule has 1 amide bonds. The van der Waals surface area contributed by atoms with Gasteiger partial charge in [0.25, 0.3) is 11.7 Å². The Kier molecular flexibility index (Phi) is 5.63. The second kappa shape index (κ2) is 8.76. The highest BCUT2D eigenvalue weighted by atomic mass is 79.9. The van der Waals surface area contributed by atoms with Crippen LogP contribution in [0.15, 0.2) is 95.1 Å². The average Bonchev–Trinajstić information content (AvgIpc) is 3.14. The van der Waals surface area contributed by atoms with Gasteiger partial charge in [0.2, 0.25) is 0 Å². The Hall–Kier alpha value is -3.97. The van der Waals surface area contributed by atoms with Gasteiger partial charge >= 0.3 is 0 Å². The van der Waals surface area contributed by atoms with Gasteiger partial charge in [-0.3, -0.25) is 19.5 Å². The molecule has 0 radical (unpaired) electrons. The molecule has 1 saturated heterocycles. The van der Waals surface area contributed by atoms with Crippen LogP contribution in [0.2, 0.25) is 0 Å². The first-order valence-corrected chi connectivity index (χ1v) is 11.3. The predicted octanol–water partition coefficient (Wildman–Crippen LogP) is 5.63. The molecule has 4 aromatic rings. The number of nitrogens with zero attached hydrogens (tertiary/aromatic N) is 2. The van der Waals surface area contributed by atoms with Crippen LogP contribution in [0, 0.1) is 0 Å². The van der Waals surface area contributed by atoms with Gasteiger partial charge in [-0.1, -0.05) is 42.5 Å². The molecule has 1 aliphatic heterocycles. The minimum atomic E-state index is -0.895. The molecule has 1 aliphatic rings. The number of carbonyl (C=O) groups is 2. The van der Waals surface area contributed by atoms with Crippen molar-refractivity contribution < 1.29 is 19.4 Å². The maximum atomic E-state index is 13.4. The number of rotatable bonds is 4. The highest BCUT2D eigenvalue weighted by Crippen LogP contribution is 2.44. The van der Waals surface area contributed by atoms with Gasteiger partial charge in [0.15, 0.2) is 0 Å². The fourth-order valence-corrected chi connectivity index (χ4v) is 4.83. The maximum Gasteiger partial charge on any atom is 0.300 e. The van der Waals surface area contributed by atoms with Crippen LogP contribution >= 0.6 is 15.9 Å². The van der Waals surface area contributed by atoms with E-state index in [0.29, 0.717) is 27.2 Å². The number of Topliss-reactive ketones (excluding diaryl/α,β-unsaturated/α-hetero) is 1. The van der Waals surface area contributed by atoms with E-state index in [1.165, 1.54) is 12.0 Å². The van der Waals surface area contributed by atoms with E-state index in [4.69, 9.17) is 4.74 Å². The number of anilines is 1. The Morgan fingerprint density at radius 1 is 1.00 bits per heavy atom. The second-order valence-corrected chi connectivity index (χ2v) is 8.63. The Morgan fingerprint density at radius 3 is 2.50 bits per heavy atom. The molecule has 2 heterocycles. The smallest absolute Gasteiger partial charge is 0.300 e. The van der Waals surface area contributed by atoms with Crippen molar-refractivity contribution in [2.45, 2.75) is 6.04 Å². The molecule has 0 saturated carbocycles. The van der Waals surface area contributed by atoms with Gasteiger partial charge in [-0.05, 0) is 57.7 Å². The van der Waals surface area contributed by atoms with Crippen molar-refractivity contribution in [2.24, 2.45) is 0 Å². The fraction of sp³-hybridized carbons (Fsp3) is 0.0741. The zero-order valence-electron chi connectivity index (χ0n) is 18.1. The highest BCUT2D eigenvalue weighted by Gasteiger charge is 2.48. The number of hydrogen-bond acceptors (Lipinski definition) is 5. The van der Waals surface area contributed by atoms with Crippen LogP contribution < -0.4 is 9.64 Å². The Labute approximate surface area is 204 Å². The predicted molar refractivity (Wildman–Crippen MR) is 134 cm³/mol. The standard InChI is InChI=1S/C27H19BrN2O4/c1-34-22-13-12-17(15-19(22)28)25(31)23-24(20-10-4-5-14-29-20)30(27(33)26(23)32)21-11-6-8-16-7-2-3-9-18(16)21/h2-15,24,31H,1H3/b25-23+. The SMILES string of the molecule is COc1ccc(/C(O)=C2\C(=O)C(=O)N(c3cccc4ccccc34)C2c2ccccn2)cc1Br. The molecule has 1 N–H and O–H groups in total. The molecule has 7 heteroatoms. The lowest BCUT2D eigenvalue weighted by Crippen LogP contribution is -2.30. The van der Waals surface area contributed by atoms with E-state index in [0.717, 1.165) is 10.8 Å². The first-order valence-electron chi connectivity index (χ1n) is 10.5. The molecule has 0 bridgehead atoms. The number of hydrogen-bond donors (Lipinski definition) is 1. The summed E-state index contributed by atoms with van der Waals surface area (Å²) in [4.78, 5) is 32.6. The summed E-state index contributed by atoms with van der Waals surface area (Å²) in [5.41, 5.74) is 1.41. The molecule has 0 spiro atoms. The summed E-state index contributed by atoms with van der Waals surface area (Å²) in [6.07, 6.45) is 1.60. The lowest BCUT2D eigenvalue weighted by atomic mass is 9.97. The maximum absolute atomic E-state index is 13.4. The number of halogens is 1. The van der Waals surface area contributed by atoms with Crippen molar-refractivity contribution in [3.8, 4) is 5.75 Å². The van der Waals surface area contributed by atoms with Crippen LogP contribution in [0.1, 0.15) is 17.3 Å². The van der Waals surface area contributed by atoms with E-state index in [1.54, 1.807) is 48.7 Å². The largest absolute Gasteiger partial charge is 0.507 e. The molecule has 1 unspecified atom stereocenters. The van der Waals surface area contributed by atoms with Gasteiger partial charge in [0.1, 0.15) is 17.6 Å². The number of fused-ring (bicyclic) bond motifs is 1. The van der Waals surface area contributed by atoms with Crippen LogP contribution in [0.4, 0.5) is 5.69 Å². The summed E-state index contributed by atoms with van der Waals surface area (Å²) in [6, 6.07) is 22.6. The van der Waals surface area contributed by atoms with Crippen molar-refractivity contribution in [1.82, 2.24) is 4.98 Å². The van der Waals surface area contributed by atoms with Crippen molar-refractivity contribution in [1.29, 1.82) is 0 Å². The van der Waals surface area contributed by atoms with E-state index in [-0.39, 0.29) is 11.3 Å². The summed E-state index contributed by atoms with van der Waals surface area (Å²) in [7, 11) is 1.54. The molecule has 34 heavy (non-hydrogen) atoms. The molecule has 1 aromatic heterocycles. The van der Waals surface area contributed by atoms with Gasteiger partial charge in [-0.25, -0.2) is 0 Å². The van der Waals surface area contributed by atoms with Gasteiger partial charge in [-0.2, -0.15) is 0 Å². The fourth-order valence-electron chi connectivity index (χ4n) is 4.29. The summed E-state index contributed by atoms with van der Waals surface area (Å²) in [5, 5.41) is 13.0. The molecule has 6 nitrogen and oxygen atoms in total. The molecular formula is C27H19BrN2O4. The van der Waals surface area contributed by atoms with Crippen molar-refractivity contribution >= 4 is 49.8 Å². The van der Waals surface area contributed by atoms with Crippen LogP contribution in [0.25, 0.3) is 16.5 Å². The number of benzene rings is 3. The first-order chi connectivity index (χ1) is 16.5. The van der Waals surface area contributed by atoms with E-state index >= 15 is 0 Å². The molecule has 1 fully saturated rings. The zero-order chi connectivity index (χ0) is 23.8. The number of aliphatic hydroxyl groups is 1. The topological polar surface area (TPSA) is 79.7 Å². The third-order valence-electron chi connectivity index (χ3n) is 5.86. The second-order valence-electron chi connectivity index (χ2n) is 7.77. The van der Waals surface area contributed by atoms with Crippen molar-refractivity contribution in [3.05, 3.63) is 106 Å². The van der Waals surface area contributed by atoms with Crippen molar-refractivity contribution in [3.63, 3.8) is 0 Å². The number of pyridine rings is 1. The summed E-state index contributed by atoms with van der Waals surface area (Å²) >= 11 is 3.41. The van der Waals surface area contributed by atoms with Crippen molar-refractivity contribution in [2.75, 3.05) is 12.0 Å². The van der Waals surface area contributed by atoms with Gasteiger partial charge in [0.05, 0.1) is 28.5 Å². The number of amides is 1. The first kappa shape index (κ1) is 21.9. The monoisotopic (exact) mass is 514 g/mol. The molecule has 3 aromatic carbocycles. The molecule has 0 aliphatic carbocycles. The third-order valence-corrected chi connectivity index (χ3v) is 6.48. The Balaban J connectivity index is 1.76. The molecule has 168 valence electrons. The van der Waals surface area contributed by atoms with Gasteiger partial charge in [0, 0.05) is 17.1 Å². The van der Waals surface area contributed by atoms with Gasteiger partial charge < -0.3 is 9.84 Å². The zero-order valence-corrected chi connectivity index (χ0v) is 19.7. The number of carbonyl (C=O) groups excluding carboxylic acids is 2. The van der Waals surface area contributed by atoms with Crippen LogP contribution in [0.5, 0.6) is 5.75 Å². The van der Waals surface area contributed by atoms with Crippen LogP contribution in [0.3, 0.4) is 0 Å². The average molecular weight is 515 g/mol. The lowest BCUT2D eigenvalue weighted by Gasteiger charge is -2.25. The van der Waals surface area contributed by atoms with Gasteiger partial charge in [-0.15, -0.1) is 0 Å². The summed E-state index contributed by atoms with van der Waals surface area (Å²) in [5.74, 6) is -1.19. The highest BCUT2D eigenvalue weighted by molar-refractivity contribution is 9.10. The quantitative estimate of drug-likeness (QED) is 0.217. The minimum Gasteiger partial charge on any atom is -0.507 e. The normalized spacial score (nSPS) is 17.4. The Morgan fingerprint density at radius 2 is 1.76 bits per heavy atom. The summed E-state index contributed by atoms with van der Waals surface area (Å²) < 4.78 is 5.87. The third kappa shape index (κ3) is 3.54. The molecular weight excluding hydrogens is 496 g/mol. The number of ether oxygens (including phenoxy) is 1.